The zero-order valence-electron chi connectivity index (χ0n) is 25.3. The second-order valence-corrected chi connectivity index (χ2v) is 13.8. The van der Waals surface area contributed by atoms with Crippen molar-refractivity contribution < 1.29 is 25.9 Å². The number of nitrogens with zero attached hydrogens (tertiary/aromatic N) is 4. The standard InChI is InChI=1S/C36H25N5O6S2/c42-48(43,44)25-16-17-27-29(22-25)33(19-18-31(27)39-38-30-14-6-9-23-8-4-5-12-26(23)30)41-40-32-20-21-34(37-24-10-2-1-3-11-24)36-28(32)13-7-15-35(36)49(45,46)47/h1-22,37H,(H,42,43,44)(H,45,46,47). The van der Waals surface area contributed by atoms with Crippen molar-refractivity contribution in [2.45, 2.75) is 9.79 Å². The third-order valence-corrected chi connectivity index (χ3v) is 9.59. The number of anilines is 2. The van der Waals surface area contributed by atoms with Gasteiger partial charge < -0.3 is 5.32 Å². The second kappa shape index (κ2) is 12.6. The molecule has 0 aliphatic heterocycles. The van der Waals surface area contributed by atoms with Crippen molar-refractivity contribution in [3.63, 3.8) is 0 Å². The molecular formula is C36H25N5O6S2. The normalized spacial score (nSPS) is 12.4. The van der Waals surface area contributed by atoms with Crippen LogP contribution in [-0.2, 0) is 20.2 Å². The third-order valence-electron chi connectivity index (χ3n) is 7.85. The number of hydrogen-bond acceptors (Lipinski definition) is 9. The first kappa shape index (κ1) is 31.7. The van der Waals surface area contributed by atoms with E-state index in [1.807, 2.05) is 72.8 Å². The molecule has 0 spiro atoms. The molecule has 0 aromatic heterocycles. The molecule has 7 aromatic rings. The van der Waals surface area contributed by atoms with Gasteiger partial charge in [0, 0.05) is 38.3 Å². The molecule has 7 rings (SSSR count). The quantitative estimate of drug-likeness (QED) is 0.105. The van der Waals surface area contributed by atoms with E-state index in [0.717, 1.165) is 10.8 Å². The van der Waals surface area contributed by atoms with Crippen LogP contribution in [0.1, 0.15) is 0 Å². The minimum atomic E-state index is -4.63. The lowest BCUT2D eigenvalue weighted by Gasteiger charge is -2.14. The minimum absolute atomic E-state index is 0.202. The number of rotatable bonds is 8. The third kappa shape index (κ3) is 6.51. The Labute approximate surface area is 280 Å². The monoisotopic (exact) mass is 687 g/mol. The van der Waals surface area contributed by atoms with Crippen molar-refractivity contribution in [3.8, 4) is 0 Å². The maximum absolute atomic E-state index is 12.4. The number of para-hydroxylation sites is 1. The van der Waals surface area contributed by atoms with Gasteiger partial charge in [-0.15, -0.1) is 20.5 Å². The van der Waals surface area contributed by atoms with Crippen molar-refractivity contribution in [1.29, 1.82) is 0 Å². The zero-order chi connectivity index (χ0) is 34.2. The van der Waals surface area contributed by atoms with Crippen molar-refractivity contribution in [1.82, 2.24) is 0 Å². The van der Waals surface area contributed by atoms with Crippen LogP contribution in [0.5, 0.6) is 0 Å². The van der Waals surface area contributed by atoms with E-state index in [0.29, 0.717) is 38.9 Å². The topological polar surface area (TPSA) is 170 Å². The molecular weight excluding hydrogens is 663 g/mol. The van der Waals surface area contributed by atoms with E-state index in [1.54, 1.807) is 30.3 Å². The number of nitrogens with one attached hydrogen (secondary N) is 1. The van der Waals surface area contributed by atoms with Crippen LogP contribution >= 0.6 is 0 Å². The average Bonchev–Trinajstić information content (AvgIpc) is 3.09. The number of azo groups is 2. The molecule has 0 saturated heterocycles. The molecule has 7 aromatic carbocycles. The van der Waals surface area contributed by atoms with Gasteiger partial charge in [0.05, 0.1) is 27.6 Å². The lowest BCUT2D eigenvalue weighted by atomic mass is 10.1. The molecule has 11 nitrogen and oxygen atoms in total. The highest BCUT2D eigenvalue weighted by molar-refractivity contribution is 7.86. The van der Waals surface area contributed by atoms with Crippen LogP contribution in [0.4, 0.5) is 34.1 Å². The molecule has 0 fully saturated rings. The first-order valence-corrected chi connectivity index (χ1v) is 17.7. The van der Waals surface area contributed by atoms with E-state index < -0.39 is 20.2 Å². The summed E-state index contributed by atoms with van der Waals surface area (Å²) >= 11 is 0. The molecule has 0 aliphatic rings. The van der Waals surface area contributed by atoms with Crippen LogP contribution in [0.3, 0.4) is 0 Å². The van der Waals surface area contributed by atoms with Crippen molar-refractivity contribution in [3.05, 3.63) is 133 Å². The van der Waals surface area contributed by atoms with Gasteiger partial charge in [0.2, 0.25) is 0 Å². The van der Waals surface area contributed by atoms with E-state index in [4.69, 9.17) is 0 Å². The highest BCUT2D eigenvalue weighted by atomic mass is 32.2. The van der Waals surface area contributed by atoms with E-state index >= 15 is 0 Å². The Morgan fingerprint density at radius 3 is 1.76 bits per heavy atom. The Bertz CT molecular complexity index is 2690. The molecule has 0 radical (unpaired) electrons. The predicted octanol–water partition coefficient (Wildman–Crippen LogP) is 10.2. The van der Waals surface area contributed by atoms with Crippen LogP contribution in [0.15, 0.2) is 164 Å². The molecule has 0 bridgehead atoms. The van der Waals surface area contributed by atoms with Gasteiger partial charge >= 0.3 is 0 Å². The SMILES string of the molecule is O=S(=O)(O)c1ccc2c(N=Nc3cccc4ccccc34)ccc(N=Nc3ccc(Nc4ccccc4)c4c(S(=O)(=O)O)cccc34)c2c1. The molecule has 49 heavy (non-hydrogen) atoms. The van der Waals surface area contributed by atoms with Crippen LogP contribution in [0.25, 0.3) is 32.3 Å². The molecule has 0 atom stereocenters. The van der Waals surface area contributed by atoms with Gasteiger partial charge in [-0.3, -0.25) is 9.11 Å². The van der Waals surface area contributed by atoms with Crippen LogP contribution in [0.2, 0.25) is 0 Å². The average molecular weight is 688 g/mol. The zero-order valence-corrected chi connectivity index (χ0v) is 27.0. The predicted molar refractivity (Wildman–Crippen MR) is 190 cm³/mol. The van der Waals surface area contributed by atoms with Crippen molar-refractivity contribution >= 4 is 86.7 Å². The highest BCUT2D eigenvalue weighted by Crippen LogP contribution is 2.40. The van der Waals surface area contributed by atoms with Gasteiger partial charge in [-0.1, -0.05) is 72.8 Å². The Morgan fingerprint density at radius 1 is 0.469 bits per heavy atom. The van der Waals surface area contributed by atoms with Crippen LogP contribution in [-0.4, -0.2) is 25.9 Å². The molecule has 13 heteroatoms. The Hall–Kier alpha value is -5.86. The molecule has 0 heterocycles. The summed E-state index contributed by atoms with van der Waals surface area (Å²) in [5.41, 5.74) is 2.70. The smallest absolute Gasteiger partial charge is 0.295 e. The Morgan fingerprint density at radius 2 is 1.04 bits per heavy atom. The molecule has 3 N–H and O–H groups in total. The molecule has 0 saturated carbocycles. The largest absolute Gasteiger partial charge is 0.355 e. The molecule has 0 amide bonds. The van der Waals surface area contributed by atoms with Gasteiger partial charge in [0.15, 0.2) is 0 Å². The number of benzene rings is 7. The second-order valence-electron chi connectivity index (χ2n) is 11.0. The lowest BCUT2D eigenvalue weighted by molar-refractivity contribution is 0.481. The summed E-state index contributed by atoms with van der Waals surface area (Å²) in [6.45, 7) is 0. The van der Waals surface area contributed by atoms with Gasteiger partial charge in [-0.25, -0.2) is 0 Å². The fourth-order valence-corrected chi connectivity index (χ4v) is 6.82. The fraction of sp³-hybridized carbons (Fsp3) is 0. The fourth-order valence-electron chi connectivity index (χ4n) is 5.58. The first-order chi connectivity index (χ1) is 23.6. The van der Waals surface area contributed by atoms with Crippen LogP contribution in [0, 0.1) is 0 Å². The molecule has 0 unspecified atom stereocenters. The van der Waals surface area contributed by atoms with Gasteiger partial charge in [0.25, 0.3) is 20.2 Å². The van der Waals surface area contributed by atoms with Gasteiger partial charge in [-0.05, 0) is 66.0 Å². The van der Waals surface area contributed by atoms with E-state index in [-0.39, 0.29) is 26.6 Å². The molecule has 0 aliphatic carbocycles. The van der Waals surface area contributed by atoms with Gasteiger partial charge in [0.1, 0.15) is 4.90 Å². The van der Waals surface area contributed by atoms with Crippen molar-refractivity contribution in [2.75, 3.05) is 5.32 Å². The summed E-state index contributed by atoms with van der Waals surface area (Å²) in [7, 11) is -9.19. The summed E-state index contributed by atoms with van der Waals surface area (Å²) in [6.07, 6.45) is 0. The summed E-state index contributed by atoms with van der Waals surface area (Å²) in [5.74, 6) is 0. The maximum Gasteiger partial charge on any atom is 0.295 e. The number of hydrogen-bond donors (Lipinski definition) is 3. The van der Waals surface area contributed by atoms with E-state index in [2.05, 4.69) is 25.8 Å². The molecule has 242 valence electrons. The summed E-state index contributed by atoms with van der Waals surface area (Å²) in [5, 5.41) is 24.3. The Balaban J connectivity index is 1.35. The first-order valence-electron chi connectivity index (χ1n) is 14.8. The summed E-state index contributed by atoms with van der Waals surface area (Å²) < 4.78 is 68.9. The van der Waals surface area contributed by atoms with E-state index in [1.165, 1.54) is 30.3 Å². The van der Waals surface area contributed by atoms with Gasteiger partial charge in [-0.2, -0.15) is 16.8 Å². The van der Waals surface area contributed by atoms with Crippen LogP contribution < -0.4 is 5.32 Å². The minimum Gasteiger partial charge on any atom is -0.355 e. The summed E-state index contributed by atoms with van der Waals surface area (Å²) in [4.78, 5) is -0.663. The maximum atomic E-state index is 12.4. The van der Waals surface area contributed by atoms with E-state index in [9.17, 15) is 25.9 Å². The van der Waals surface area contributed by atoms with Crippen molar-refractivity contribution in [2.24, 2.45) is 20.5 Å². The highest BCUT2D eigenvalue weighted by Gasteiger charge is 2.19. The number of fused-ring (bicyclic) bond motifs is 3. The Kier molecular flexibility index (Phi) is 8.18. The lowest BCUT2D eigenvalue weighted by Crippen LogP contribution is -2.01. The summed E-state index contributed by atoms with van der Waals surface area (Å²) in [6, 6.07) is 37.6.